The molecular weight excluding hydrogens is 444 g/mol. The molecule has 0 nitrogen and oxygen atoms in total. The van der Waals surface area contributed by atoms with Crippen molar-refractivity contribution in [3.63, 3.8) is 0 Å². The Bertz CT molecular complexity index is 1860. The summed E-state index contributed by atoms with van der Waals surface area (Å²) in [6.07, 6.45) is 0. The SMILES string of the molecule is Cc1ccc2cccc3c2c1C12c4ccccc4-c4ccccc4C31c1ccccc1-c1ccccc12. The Balaban J connectivity index is 1.69. The number of hydrogen-bond acceptors (Lipinski definition) is 0. The summed E-state index contributed by atoms with van der Waals surface area (Å²) in [7, 11) is 0. The zero-order chi connectivity index (χ0) is 24.4. The van der Waals surface area contributed by atoms with Gasteiger partial charge in [0.2, 0.25) is 0 Å². The minimum atomic E-state index is -0.365. The fourth-order valence-electron chi connectivity index (χ4n) is 8.51. The lowest BCUT2D eigenvalue weighted by Gasteiger charge is -2.57. The van der Waals surface area contributed by atoms with Crippen molar-refractivity contribution < 1.29 is 0 Å². The minimum Gasteiger partial charge on any atom is -0.0619 e. The van der Waals surface area contributed by atoms with Crippen LogP contribution in [0.15, 0.2) is 127 Å². The summed E-state index contributed by atoms with van der Waals surface area (Å²) in [5.74, 6) is 0. The van der Waals surface area contributed by atoms with E-state index in [1.807, 2.05) is 0 Å². The Morgan fingerprint density at radius 1 is 0.378 bits per heavy atom. The maximum atomic E-state index is 2.42. The standard InChI is InChI=1S/C37H24/c1-23-21-22-24-11-10-20-33-34(24)35(23)37-31-18-8-4-14-27(31)25-12-2-6-16-29(25)36(33,37)30-17-7-3-13-26(30)28-15-5-9-19-32(28)37/h2-22H,1H3. The maximum absolute atomic E-state index is 2.42. The third kappa shape index (κ3) is 1.93. The lowest BCUT2D eigenvalue weighted by Crippen LogP contribution is -2.54. The van der Waals surface area contributed by atoms with Crippen LogP contribution >= 0.6 is 0 Å². The number of rotatable bonds is 0. The second-order valence-corrected chi connectivity index (χ2v) is 10.8. The quantitative estimate of drug-likeness (QED) is 0.209. The third-order valence-corrected chi connectivity index (χ3v) is 9.50. The molecule has 0 heteroatoms. The lowest BCUT2D eigenvalue weighted by atomic mass is 9.43. The van der Waals surface area contributed by atoms with E-state index in [1.165, 1.54) is 72.0 Å². The summed E-state index contributed by atoms with van der Waals surface area (Å²) >= 11 is 0. The van der Waals surface area contributed by atoms with E-state index in [1.54, 1.807) is 0 Å². The van der Waals surface area contributed by atoms with Crippen LogP contribution in [0, 0.1) is 6.92 Å². The molecular formula is C37H24. The van der Waals surface area contributed by atoms with Crippen molar-refractivity contribution in [3.05, 3.63) is 166 Å². The summed E-state index contributed by atoms with van der Waals surface area (Å²) in [4.78, 5) is 0. The van der Waals surface area contributed by atoms with Crippen LogP contribution in [0.5, 0.6) is 0 Å². The van der Waals surface area contributed by atoms with Gasteiger partial charge in [-0.3, -0.25) is 0 Å². The average molecular weight is 469 g/mol. The van der Waals surface area contributed by atoms with Gasteiger partial charge in [-0.05, 0) is 78.9 Å². The first-order chi connectivity index (χ1) is 18.3. The van der Waals surface area contributed by atoms with E-state index in [2.05, 4.69) is 134 Å². The van der Waals surface area contributed by atoms with Gasteiger partial charge in [-0.15, -0.1) is 0 Å². The summed E-state index contributed by atoms with van der Waals surface area (Å²) < 4.78 is 0. The first-order valence-electron chi connectivity index (χ1n) is 13.2. The smallest absolute Gasteiger partial charge is 0.0619 e. The second-order valence-electron chi connectivity index (χ2n) is 10.8. The molecule has 0 N–H and O–H groups in total. The van der Waals surface area contributed by atoms with Crippen molar-refractivity contribution in [2.75, 3.05) is 0 Å². The van der Waals surface area contributed by atoms with E-state index in [-0.39, 0.29) is 10.8 Å². The van der Waals surface area contributed by atoms with Crippen molar-refractivity contribution in [2.24, 2.45) is 0 Å². The predicted octanol–water partition coefficient (Wildman–Crippen LogP) is 8.79. The largest absolute Gasteiger partial charge is 0.0650 e. The van der Waals surface area contributed by atoms with Gasteiger partial charge in [0.15, 0.2) is 0 Å². The van der Waals surface area contributed by atoms with Gasteiger partial charge in [-0.1, -0.05) is 127 Å². The van der Waals surface area contributed by atoms with Gasteiger partial charge in [0.25, 0.3) is 0 Å². The van der Waals surface area contributed by atoms with E-state index in [0.717, 1.165) is 0 Å². The van der Waals surface area contributed by atoms with Gasteiger partial charge < -0.3 is 0 Å². The topological polar surface area (TPSA) is 0 Å². The van der Waals surface area contributed by atoms with Crippen LogP contribution in [0.3, 0.4) is 0 Å². The molecule has 6 aromatic carbocycles. The lowest BCUT2D eigenvalue weighted by molar-refractivity contribution is 0.430. The van der Waals surface area contributed by atoms with Gasteiger partial charge in [0.1, 0.15) is 0 Å². The third-order valence-electron chi connectivity index (χ3n) is 9.50. The second kappa shape index (κ2) is 6.47. The molecule has 0 amide bonds. The highest BCUT2D eigenvalue weighted by Gasteiger charge is 2.68. The average Bonchev–Trinajstić information content (AvgIpc) is 3.27. The Morgan fingerprint density at radius 3 is 1.32 bits per heavy atom. The van der Waals surface area contributed by atoms with Crippen molar-refractivity contribution in [2.45, 2.75) is 17.8 Å². The van der Waals surface area contributed by atoms with Crippen LogP contribution in [-0.2, 0) is 10.8 Å². The highest BCUT2D eigenvalue weighted by atomic mass is 14.7. The molecule has 0 atom stereocenters. The molecule has 3 aliphatic carbocycles. The van der Waals surface area contributed by atoms with Gasteiger partial charge in [-0.2, -0.15) is 0 Å². The Kier molecular flexibility index (Phi) is 3.45. The van der Waals surface area contributed by atoms with Crippen LogP contribution in [-0.4, -0.2) is 0 Å². The molecule has 0 saturated heterocycles. The first kappa shape index (κ1) is 19.7. The van der Waals surface area contributed by atoms with Crippen molar-refractivity contribution >= 4 is 10.8 Å². The van der Waals surface area contributed by atoms with Crippen molar-refractivity contribution in [3.8, 4) is 22.3 Å². The van der Waals surface area contributed by atoms with E-state index >= 15 is 0 Å². The minimum absolute atomic E-state index is 0.364. The van der Waals surface area contributed by atoms with E-state index < -0.39 is 0 Å². The number of aryl methyl sites for hydroxylation is 1. The van der Waals surface area contributed by atoms with Gasteiger partial charge >= 0.3 is 0 Å². The zero-order valence-electron chi connectivity index (χ0n) is 20.6. The molecule has 0 fully saturated rings. The molecule has 3 aliphatic rings. The molecule has 0 aromatic heterocycles. The fourth-order valence-corrected chi connectivity index (χ4v) is 8.51. The first-order valence-corrected chi connectivity index (χ1v) is 13.2. The van der Waals surface area contributed by atoms with E-state index in [4.69, 9.17) is 0 Å². The monoisotopic (exact) mass is 468 g/mol. The molecule has 0 aliphatic heterocycles. The van der Waals surface area contributed by atoms with Crippen LogP contribution in [0.1, 0.15) is 38.9 Å². The van der Waals surface area contributed by atoms with Crippen molar-refractivity contribution in [1.29, 1.82) is 0 Å². The molecule has 0 heterocycles. The van der Waals surface area contributed by atoms with Crippen LogP contribution in [0.4, 0.5) is 0 Å². The maximum Gasteiger partial charge on any atom is 0.0650 e. The molecule has 172 valence electrons. The fraction of sp³-hybridized carbons (Fsp3) is 0.0811. The molecule has 0 bridgehead atoms. The summed E-state index contributed by atoms with van der Waals surface area (Å²) in [5, 5.41) is 2.76. The molecule has 0 unspecified atom stereocenters. The molecule has 0 spiro atoms. The number of hydrogen-bond donors (Lipinski definition) is 0. The van der Waals surface area contributed by atoms with Crippen LogP contribution in [0.2, 0.25) is 0 Å². The summed E-state index contributed by atoms with van der Waals surface area (Å²) in [6, 6.07) is 48.5. The summed E-state index contributed by atoms with van der Waals surface area (Å²) in [5.41, 5.74) is 14.6. The van der Waals surface area contributed by atoms with Crippen LogP contribution < -0.4 is 0 Å². The zero-order valence-corrected chi connectivity index (χ0v) is 20.6. The van der Waals surface area contributed by atoms with Crippen molar-refractivity contribution in [1.82, 2.24) is 0 Å². The van der Waals surface area contributed by atoms with Crippen LogP contribution in [0.25, 0.3) is 33.0 Å². The van der Waals surface area contributed by atoms with E-state index in [0.29, 0.717) is 0 Å². The summed E-state index contributed by atoms with van der Waals surface area (Å²) in [6.45, 7) is 2.32. The molecule has 0 radical (unpaired) electrons. The Labute approximate surface area is 216 Å². The predicted molar refractivity (Wildman–Crippen MR) is 152 cm³/mol. The Morgan fingerprint density at radius 2 is 0.811 bits per heavy atom. The molecule has 9 rings (SSSR count). The molecule has 37 heavy (non-hydrogen) atoms. The van der Waals surface area contributed by atoms with Gasteiger partial charge in [0.05, 0.1) is 10.8 Å². The molecule has 6 aromatic rings. The highest BCUT2D eigenvalue weighted by molar-refractivity contribution is 6.05. The Hall–Kier alpha value is -4.42. The number of benzene rings is 6. The van der Waals surface area contributed by atoms with Gasteiger partial charge in [0, 0.05) is 0 Å². The van der Waals surface area contributed by atoms with E-state index in [9.17, 15) is 0 Å². The molecule has 0 saturated carbocycles. The van der Waals surface area contributed by atoms with Gasteiger partial charge in [-0.25, -0.2) is 0 Å². The highest BCUT2D eigenvalue weighted by Crippen LogP contribution is 2.74. The normalized spacial score (nSPS) is 21.3. The number of fused-ring (bicyclic) bond motifs is 6.